The Morgan fingerprint density at radius 1 is 1.44 bits per heavy atom. The van der Waals surface area contributed by atoms with Crippen molar-refractivity contribution in [2.75, 3.05) is 6.61 Å². The number of rotatable bonds is 4. The largest absolute Gasteiger partial charge is 0.481 e. The van der Waals surface area contributed by atoms with Gasteiger partial charge >= 0.3 is 5.97 Å². The van der Waals surface area contributed by atoms with Crippen molar-refractivity contribution in [3.05, 3.63) is 35.6 Å². The van der Waals surface area contributed by atoms with E-state index in [1.807, 2.05) is 0 Å². The molecule has 0 bridgehead atoms. The number of halogens is 1. The van der Waals surface area contributed by atoms with Crippen molar-refractivity contribution >= 4 is 5.97 Å². The van der Waals surface area contributed by atoms with E-state index in [-0.39, 0.29) is 11.7 Å². The van der Waals surface area contributed by atoms with Crippen molar-refractivity contribution in [3.8, 4) is 0 Å². The molecule has 1 aromatic rings. The Morgan fingerprint density at radius 3 is 2.83 bits per heavy atom. The summed E-state index contributed by atoms with van der Waals surface area (Å²) in [5.41, 5.74) is 0.249. The molecule has 0 saturated carbocycles. The van der Waals surface area contributed by atoms with Crippen molar-refractivity contribution in [1.29, 1.82) is 0 Å². The average Bonchev–Trinajstić information content (AvgIpc) is 2.38. The van der Waals surface area contributed by atoms with Gasteiger partial charge in [-0.25, -0.2) is 4.39 Å². The Bertz CT molecular complexity index is 413. The Morgan fingerprint density at radius 2 is 2.22 bits per heavy atom. The van der Waals surface area contributed by atoms with E-state index in [1.54, 1.807) is 12.1 Å². The van der Waals surface area contributed by atoms with E-state index in [4.69, 9.17) is 4.74 Å². The first-order valence-electron chi connectivity index (χ1n) is 6.27. The average molecular weight is 252 g/mol. The molecule has 18 heavy (non-hydrogen) atoms. The minimum atomic E-state index is -0.991. The molecule has 2 atom stereocenters. The topological polar surface area (TPSA) is 46.5 Å². The van der Waals surface area contributed by atoms with Crippen molar-refractivity contribution in [2.24, 2.45) is 0 Å². The molecule has 1 saturated heterocycles. The fourth-order valence-corrected chi connectivity index (χ4v) is 2.37. The molecular weight excluding hydrogens is 235 g/mol. The quantitative estimate of drug-likeness (QED) is 0.896. The van der Waals surface area contributed by atoms with Gasteiger partial charge in [-0.05, 0) is 31.7 Å². The van der Waals surface area contributed by atoms with Crippen LogP contribution in [-0.2, 0) is 9.53 Å². The van der Waals surface area contributed by atoms with Crippen LogP contribution in [0.4, 0.5) is 4.39 Å². The fourth-order valence-electron chi connectivity index (χ4n) is 2.37. The monoisotopic (exact) mass is 252 g/mol. The van der Waals surface area contributed by atoms with E-state index in [0.29, 0.717) is 13.0 Å². The first-order valence-corrected chi connectivity index (χ1v) is 6.27. The normalized spacial score (nSPS) is 21.5. The molecular formula is C14H17FO3. The minimum absolute atomic E-state index is 0.0699. The third-order valence-electron chi connectivity index (χ3n) is 3.35. The zero-order valence-corrected chi connectivity index (χ0v) is 10.1. The lowest BCUT2D eigenvalue weighted by atomic mass is 9.90. The molecule has 1 fully saturated rings. The van der Waals surface area contributed by atoms with Crippen LogP contribution in [0.5, 0.6) is 0 Å². The van der Waals surface area contributed by atoms with Gasteiger partial charge < -0.3 is 9.84 Å². The number of ether oxygens (including phenoxy) is 1. The second kappa shape index (κ2) is 5.96. The molecule has 0 aliphatic carbocycles. The Labute approximate surface area is 106 Å². The van der Waals surface area contributed by atoms with Crippen LogP contribution in [0.25, 0.3) is 0 Å². The van der Waals surface area contributed by atoms with Gasteiger partial charge in [0, 0.05) is 12.2 Å². The van der Waals surface area contributed by atoms with Gasteiger partial charge in [0.15, 0.2) is 0 Å². The van der Waals surface area contributed by atoms with Crippen LogP contribution in [-0.4, -0.2) is 23.8 Å². The molecule has 0 radical (unpaired) electrons. The highest BCUT2D eigenvalue weighted by Gasteiger charge is 2.27. The summed E-state index contributed by atoms with van der Waals surface area (Å²) in [6.45, 7) is 0.675. The molecule has 2 rings (SSSR count). The molecule has 0 amide bonds. The van der Waals surface area contributed by atoms with Crippen molar-refractivity contribution in [3.63, 3.8) is 0 Å². The third-order valence-corrected chi connectivity index (χ3v) is 3.35. The van der Waals surface area contributed by atoms with Gasteiger partial charge in [-0.3, -0.25) is 4.79 Å². The molecule has 3 nitrogen and oxygen atoms in total. The Hall–Kier alpha value is -1.42. The molecule has 1 aromatic carbocycles. The summed E-state index contributed by atoms with van der Waals surface area (Å²) in [5, 5.41) is 9.26. The van der Waals surface area contributed by atoms with Crippen molar-refractivity contribution < 1.29 is 19.0 Å². The summed E-state index contributed by atoms with van der Waals surface area (Å²) in [4.78, 5) is 11.3. The van der Waals surface area contributed by atoms with Crippen LogP contribution in [0.15, 0.2) is 24.3 Å². The maximum absolute atomic E-state index is 13.7. The lowest BCUT2D eigenvalue weighted by molar-refractivity contribution is -0.140. The number of carboxylic acids is 1. The van der Waals surface area contributed by atoms with Gasteiger partial charge in [0.1, 0.15) is 5.82 Å². The van der Waals surface area contributed by atoms with E-state index in [0.717, 1.165) is 19.3 Å². The van der Waals surface area contributed by atoms with Gasteiger partial charge in [0.2, 0.25) is 0 Å². The molecule has 0 spiro atoms. The van der Waals surface area contributed by atoms with E-state index in [9.17, 15) is 14.3 Å². The van der Waals surface area contributed by atoms with Crippen molar-refractivity contribution in [1.82, 2.24) is 0 Å². The van der Waals surface area contributed by atoms with Crippen LogP contribution >= 0.6 is 0 Å². The SMILES string of the molecule is O=C(O)C(CC1CCCCO1)c1ccccc1F. The number of aliphatic carboxylic acids is 1. The number of hydrogen-bond donors (Lipinski definition) is 1. The van der Waals surface area contributed by atoms with E-state index < -0.39 is 17.7 Å². The number of carbonyl (C=O) groups is 1. The van der Waals surface area contributed by atoms with Crippen LogP contribution < -0.4 is 0 Å². The van der Waals surface area contributed by atoms with Gasteiger partial charge in [-0.1, -0.05) is 18.2 Å². The molecule has 2 unspecified atom stereocenters. The van der Waals surface area contributed by atoms with Gasteiger partial charge in [0.05, 0.1) is 12.0 Å². The van der Waals surface area contributed by atoms with E-state index in [1.165, 1.54) is 12.1 Å². The molecule has 0 aromatic heterocycles. The predicted octanol–water partition coefficient (Wildman–Crippen LogP) is 2.95. The standard InChI is InChI=1S/C14H17FO3/c15-13-7-2-1-6-11(13)12(14(16)17)9-10-5-3-4-8-18-10/h1-2,6-7,10,12H,3-5,8-9H2,(H,16,17). The molecule has 1 aliphatic rings. The summed E-state index contributed by atoms with van der Waals surface area (Å²) in [6, 6.07) is 6.06. The predicted molar refractivity (Wildman–Crippen MR) is 65.0 cm³/mol. The molecule has 4 heteroatoms. The van der Waals surface area contributed by atoms with Gasteiger partial charge in [0.25, 0.3) is 0 Å². The van der Waals surface area contributed by atoms with Crippen LogP contribution in [0.3, 0.4) is 0 Å². The lowest BCUT2D eigenvalue weighted by Gasteiger charge is -2.25. The second-order valence-electron chi connectivity index (χ2n) is 4.64. The first kappa shape index (κ1) is 13.0. The smallest absolute Gasteiger partial charge is 0.311 e. The summed E-state index contributed by atoms with van der Waals surface area (Å²) >= 11 is 0. The lowest BCUT2D eigenvalue weighted by Crippen LogP contribution is -2.25. The number of benzene rings is 1. The maximum atomic E-state index is 13.7. The molecule has 1 aliphatic heterocycles. The van der Waals surface area contributed by atoms with Crippen molar-refractivity contribution in [2.45, 2.75) is 37.7 Å². The van der Waals surface area contributed by atoms with Crippen LogP contribution in [0.2, 0.25) is 0 Å². The first-order chi connectivity index (χ1) is 8.68. The molecule has 98 valence electrons. The molecule has 1 N–H and O–H groups in total. The maximum Gasteiger partial charge on any atom is 0.311 e. The van der Waals surface area contributed by atoms with E-state index >= 15 is 0 Å². The Balaban J connectivity index is 2.13. The van der Waals surface area contributed by atoms with Gasteiger partial charge in [-0.15, -0.1) is 0 Å². The summed E-state index contributed by atoms with van der Waals surface area (Å²) in [7, 11) is 0. The van der Waals surface area contributed by atoms with E-state index in [2.05, 4.69) is 0 Å². The number of carboxylic acid groups (broad SMARTS) is 1. The zero-order valence-electron chi connectivity index (χ0n) is 10.1. The minimum Gasteiger partial charge on any atom is -0.481 e. The summed E-state index contributed by atoms with van der Waals surface area (Å²) in [6.07, 6.45) is 3.20. The highest BCUT2D eigenvalue weighted by atomic mass is 19.1. The number of hydrogen-bond acceptors (Lipinski definition) is 2. The molecule has 1 heterocycles. The second-order valence-corrected chi connectivity index (χ2v) is 4.64. The Kier molecular flexibility index (Phi) is 4.31. The highest BCUT2D eigenvalue weighted by molar-refractivity contribution is 5.76. The van der Waals surface area contributed by atoms with Crippen LogP contribution in [0.1, 0.15) is 37.2 Å². The zero-order chi connectivity index (χ0) is 13.0. The summed E-state index contributed by atoms with van der Waals surface area (Å²) < 4.78 is 19.2. The third kappa shape index (κ3) is 3.07. The fraction of sp³-hybridized carbons (Fsp3) is 0.500. The van der Waals surface area contributed by atoms with Gasteiger partial charge in [-0.2, -0.15) is 0 Å². The summed E-state index contributed by atoms with van der Waals surface area (Å²) in [5.74, 6) is -2.27. The highest BCUT2D eigenvalue weighted by Crippen LogP contribution is 2.28. The van der Waals surface area contributed by atoms with Crippen LogP contribution in [0, 0.1) is 5.82 Å².